The minimum Gasteiger partial charge on any atom is -0.218 e. The van der Waals surface area contributed by atoms with Crippen LogP contribution in [0.25, 0.3) is 0 Å². The first-order valence-corrected chi connectivity index (χ1v) is 7.36. The van der Waals surface area contributed by atoms with Crippen molar-refractivity contribution in [3.8, 4) is 0 Å². The zero-order valence-corrected chi connectivity index (χ0v) is 11.8. The van der Waals surface area contributed by atoms with E-state index in [1.165, 1.54) is 12.6 Å². The Balaban J connectivity index is 2.76. The molecule has 17 heavy (non-hydrogen) atoms. The zero-order valence-electron chi connectivity index (χ0n) is 10.9. The topological polar surface area (TPSA) is 46.2 Å². The molecule has 0 aliphatic rings. The summed E-state index contributed by atoms with van der Waals surface area (Å²) in [5.41, 5.74) is 2.30. The molecule has 0 fully saturated rings. The second-order valence-corrected chi connectivity index (χ2v) is 7.44. The molecule has 0 aliphatic heterocycles. The Kier molecular flexibility index (Phi) is 4.33. The van der Waals surface area contributed by atoms with Gasteiger partial charge >= 0.3 is 0 Å². The van der Waals surface area contributed by atoms with E-state index < -0.39 is 10.0 Å². The standard InChI is InChI=1S/C13H21NO2S/c1-13(2,3)9-11-5-7-12(8-6-11)10-17(15,16)14-4/h5-8,14H,9-10H2,1-4H3. The summed E-state index contributed by atoms with van der Waals surface area (Å²) in [6, 6.07) is 7.78. The summed E-state index contributed by atoms with van der Waals surface area (Å²) in [7, 11) is -1.74. The van der Waals surface area contributed by atoms with Crippen LogP contribution in [-0.2, 0) is 22.2 Å². The predicted octanol–water partition coefficient (Wildman–Crippen LogP) is 2.32. The Morgan fingerprint density at radius 3 is 1.94 bits per heavy atom. The van der Waals surface area contributed by atoms with Crippen molar-refractivity contribution in [2.45, 2.75) is 32.9 Å². The van der Waals surface area contributed by atoms with Gasteiger partial charge in [-0.3, -0.25) is 0 Å². The number of hydrogen-bond donors (Lipinski definition) is 1. The Hall–Kier alpha value is -0.870. The lowest BCUT2D eigenvalue weighted by Gasteiger charge is -2.18. The summed E-state index contributed by atoms with van der Waals surface area (Å²) in [6.45, 7) is 6.56. The molecule has 0 atom stereocenters. The van der Waals surface area contributed by atoms with E-state index in [0.29, 0.717) is 0 Å². The van der Waals surface area contributed by atoms with Crippen LogP contribution >= 0.6 is 0 Å². The lowest BCUT2D eigenvalue weighted by molar-refractivity contribution is 0.411. The number of nitrogens with one attached hydrogen (secondary N) is 1. The number of benzene rings is 1. The molecule has 4 heteroatoms. The maximum absolute atomic E-state index is 11.4. The highest BCUT2D eigenvalue weighted by molar-refractivity contribution is 7.88. The zero-order chi connectivity index (χ0) is 13.1. The van der Waals surface area contributed by atoms with Crippen LogP contribution in [0.15, 0.2) is 24.3 Å². The van der Waals surface area contributed by atoms with Crippen LogP contribution in [0, 0.1) is 5.41 Å². The van der Waals surface area contributed by atoms with Crippen LogP contribution < -0.4 is 4.72 Å². The van der Waals surface area contributed by atoms with Crippen LogP contribution in [0.2, 0.25) is 0 Å². The molecule has 1 rings (SSSR count). The second-order valence-electron chi connectivity index (χ2n) is 5.52. The molecule has 1 aromatic carbocycles. The van der Waals surface area contributed by atoms with Gasteiger partial charge in [0.1, 0.15) is 0 Å². The summed E-state index contributed by atoms with van der Waals surface area (Å²) < 4.78 is 25.1. The van der Waals surface area contributed by atoms with Gasteiger partial charge in [0.15, 0.2) is 0 Å². The molecule has 0 bridgehead atoms. The number of sulfonamides is 1. The van der Waals surface area contributed by atoms with Gasteiger partial charge in [0.25, 0.3) is 0 Å². The van der Waals surface area contributed by atoms with E-state index in [1.54, 1.807) is 0 Å². The first-order chi connectivity index (χ1) is 7.72. The molecule has 0 heterocycles. The molecule has 0 amide bonds. The first kappa shape index (κ1) is 14.2. The van der Waals surface area contributed by atoms with E-state index in [1.807, 2.05) is 24.3 Å². The third-order valence-corrected chi connectivity index (χ3v) is 3.76. The van der Waals surface area contributed by atoms with E-state index in [0.717, 1.165) is 12.0 Å². The molecule has 96 valence electrons. The van der Waals surface area contributed by atoms with Gasteiger partial charge in [0.2, 0.25) is 10.0 Å². The van der Waals surface area contributed by atoms with Crippen molar-refractivity contribution in [3.63, 3.8) is 0 Å². The molecule has 0 aliphatic carbocycles. The van der Waals surface area contributed by atoms with Crippen LogP contribution in [0.3, 0.4) is 0 Å². The Bertz CT molecular complexity index is 455. The summed E-state index contributed by atoms with van der Waals surface area (Å²) in [4.78, 5) is 0. The molecule has 0 saturated carbocycles. The lowest BCUT2D eigenvalue weighted by atomic mass is 9.88. The van der Waals surface area contributed by atoms with E-state index in [2.05, 4.69) is 25.5 Å². The normalized spacial score (nSPS) is 12.7. The predicted molar refractivity (Wildman–Crippen MR) is 71.3 cm³/mol. The van der Waals surface area contributed by atoms with Gasteiger partial charge in [-0.2, -0.15) is 0 Å². The molecular formula is C13H21NO2S. The van der Waals surface area contributed by atoms with Crippen LogP contribution in [0.5, 0.6) is 0 Å². The molecule has 0 spiro atoms. The second kappa shape index (κ2) is 5.19. The summed E-state index contributed by atoms with van der Waals surface area (Å²) in [6.07, 6.45) is 0.992. The fraction of sp³-hybridized carbons (Fsp3) is 0.538. The average molecular weight is 255 g/mol. The summed E-state index contributed by atoms with van der Waals surface area (Å²) >= 11 is 0. The Morgan fingerprint density at radius 1 is 1.06 bits per heavy atom. The van der Waals surface area contributed by atoms with Gasteiger partial charge in [-0.05, 0) is 30.0 Å². The van der Waals surface area contributed by atoms with Crippen molar-refractivity contribution >= 4 is 10.0 Å². The largest absolute Gasteiger partial charge is 0.218 e. The highest BCUT2D eigenvalue weighted by atomic mass is 32.2. The monoisotopic (exact) mass is 255 g/mol. The molecule has 3 nitrogen and oxygen atoms in total. The molecule has 0 saturated heterocycles. The van der Waals surface area contributed by atoms with Crippen molar-refractivity contribution in [1.82, 2.24) is 4.72 Å². The van der Waals surface area contributed by atoms with Gasteiger partial charge in [0.05, 0.1) is 5.75 Å². The fourth-order valence-corrected chi connectivity index (χ4v) is 2.43. The van der Waals surface area contributed by atoms with Crippen molar-refractivity contribution in [1.29, 1.82) is 0 Å². The van der Waals surface area contributed by atoms with Gasteiger partial charge in [-0.15, -0.1) is 0 Å². The summed E-state index contributed by atoms with van der Waals surface area (Å²) in [5, 5.41) is 0. The maximum atomic E-state index is 11.4. The highest BCUT2D eigenvalue weighted by Gasteiger charge is 2.12. The minimum atomic E-state index is -3.17. The summed E-state index contributed by atoms with van der Waals surface area (Å²) in [5.74, 6) is 0.0410. The van der Waals surface area contributed by atoms with E-state index in [4.69, 9.17) is 0 Å². The minimum absolute atomic E-state index is 0.0410. The highest BCUT2D eigenvalue weighted by Crippen LogP contribution is 2.20. The third kappa shape index (κ3) is 5.33. The quantitative estimate of drug-likeness (QED) is 0.897. The van der Waals surface area contributed by atoms with Crippen molar-refractivity contribution < 1.29 is 8.42 Å². The molecule has 1 aromatic rings. The molecule has 1 N–H and O–H groups in total. The SMILES string of the molecule is CNS(=O)(=O)Cc1ccc(CC(C)(C)C)cc1. The van der Waals surface area contributed by atoms with Crippen LogP contribution in [-0.4, -0.2) is 15.5 Å². The Labute approximate surface area is 104 Å². The maximum Gasteiger partial charge on any atom is 0.215 e. The van der Waals surface area contributed by atoms with Gasteiger partial charge in [0, 0.05) is 0 Å². The van der Waals surface area contributed by atoms with Gasteiger partial charge in [-0.1, -0.05) is 45.0 Å². The Morgan fingerprint density at radius 2 is 1.53 bits per heavy atom. The molecule has 0 unspecified atom stereocenters. The van der Waals surface area contributed by atoms with E-state index in [9.17, 15) is 8.42 Å². The van der Waals surface area contributed by atoms with Gasteiger partial charge in [-0.25, -0.2) is 13.1 Å². The number of hydrogen-bond acceptors (Lipinski definition) is 2. The van der Waals surface area contributed by atoms with E-state index in [-0.39, 0.29) is 11.2 Å². The third-order valence-electron chi connectivity index (χ3n) is 2.43. The molecule has 0 radical (unpaired) electrons. The van der Waals surface area contributed by atoms with Crippen LogP contribution in [0.4, 0.5) is 0 Å². The lowest BCUT2D eigenvalue weighted by Crippen LogP contribution is -2.20. The fourth-order valence-electron chi connectivity index (χ4n) is 1.66. The van der Waals surface area contributed by atoms with E-state index >= 15 is 0 Å². The average Bonchev–Trinajstić information content (AvgIpc) is 2.19. The van der Waals surface area contributed by atoms with Crippen LogP contribution in [0.1, 0.15) is 31.9 Å². The molecule has 0 aromatic heterocycles. The van der Waals surface area contributed by atoms with Crippen molar-refractivity contribution in [3.05, 3.63) is 35.4 Å². The van der Waals surface area contributed by atoms with Gasteiger partial charge < -0.3 is 0 Å². The molecular weight excluding hydrogens is 234 g/mol. The number of rotatable bonds is 4. The van der Waals surface area contributed by atoms with Crippen molar-refractivity contribution in [2.24, 2.45) is 5.41 Å². The van der Waals surface area contributed by atoms with Crippen molar-refractivity contribution in [2.75, 3.05) is 7.05 Å². The first-order valence-electron chi connectivity index (χ1n) is 5.71. The smallest absolute Gasteiger partial charge is 0.215 e.